The van der Waals surface area contributed by atoms with Crippen LogP contribution >= 0.6 is 0 Å². The van der Waals surface area contributed by atoms with Crippen LogP contribution in [0.2, 0.25) is 0 Å². The molecule has 0 bridgehead atoms. The summed E-state index contributed by atoms with van der Waals surface area (Å²) < 4.78 is 0. The van der Waals surface area contributed by atoms with Crippen LogP contribution in [0.15, 0.2) is 12.2 Å². The molecule has 1 N–H and O–H groups in total. The van der Waals surface area contributed by atoms with E-state index in [0.717, 1.165) is 19.1 Å². The van der Waals surface area contributed by atoms with Crippen LogP contribution < -0.4 is 0 Å². The fourth-order valence-corrected chi connectivity index (χ4v) is 0.949. The van der Waals surface area contributed by atoms with E-state index >= 15 is 0 Å². The van der Waals surface area contributed by atoms with E-state index in [9.17, 15) is 9.90 Å². The molecule has 0 aromatic rings. The monoisotopic (exact) mass is 170 g/mol. The second-order valence-electron chi connectivity index (χ2n) is 3.15. The molecular formula is C10H18O2. The maximum Gasteiger partial charge on any atom is 0.123 e. The quantitative estimate of drug-likeness (QED) is 0.488. The molecule has 2 atom stereocenters. The Bertz CT molecular complexity index is 141. The summed E-state index contributed by atoms with van der Waals surface area (Å²) >= 11 is 0. The lowest BCUT2D eigenvalue weighted by Crippen LogP contribution is -2.07. The molecule has 0 rings (SSSR count). The van der Waals surface area contributed by atoms with E-state index in [1.165, 1.54) is 0 Å². The van der Waals surface area contributed by atoms with E-state index < -0.39 is 0 Å². The van der Waals surface area contributed by atoms with Crippen molar-refractivity contribution in [3.8, 4) is 0 Å². The van der Waals surface area contributed by atoms with Crippen LogP contribution in [0, 0.1) is 5.92 Å². The maximum absolute atomic E-state index is 9.93. The highest BCUT2D eigenvalue weighted by molar-refractivity contribution is 5.51. The Morgan fingerprint density at radius 3 is 2.67 bits per heavy atom. The molecule has 0 heterocycles. The Labute approximate surface area is 74.3 Å². The smallest absolute Gasteiger partial charge is 0.123 e. The van der Waals surface area contributed by atoms with Crippen molar-refractivity contribution < 1.29 is 9.90 Å². The first-order valence-corrected chi connectivity index (χ1v) is 4.49. The van der Waals surface area contributed by atoms with Crippen LogP contribution in [0.3, 0.4) is 0 Å². The van der Waals surface area contributed by atoms with Gasteiger partial charge >= 0.3 is 0 Å². The SMILES string of the molecule is CCC(C)CC(O)/C=C/CC=O. The number of hydrogen-bond donors (Lipinski definition) is 1. The highest BCUT2D eigenvalue weighted by Crippen LogP contribution is 2.10. The Balaban J connectivity index is 3.57. The summed E-state index contributed by atoms with van der Waals surface area (Å²) in [5.74, 6) is 0.542. The molecule has 0 aliphatic heterocycles. The predicted octanol–water partition coefficient (Wildman–Crippen LogP) is 1.93. The van der Waals surface area contributed by atoms with Crippen LogP contribution in [0.5, 0.6) is 0 Å². The lowest BCUT2D eigenvalue weighted by molar-refractivity contribution is -0.107. The van der Waals surface area contributed by atoms with Crippen LogP contribution in [0.25, 0.3) is 0 Å². The molecule has 0 aliphatic carbocycles. The fraction of sp³-hybridized carbons (Fsp3) is 0.700. The molecular weight excluding hydrogens is 152 g/mol. The van der Waals surface area contributed by atoms with Crippen LogP contribution in [0.4, 0.5) is 0 Å². The highest BCUT2D eigenvalue weighted by atomic mass is 16.3. The Morgan fingerprint density at radius 2 is 2.17 bits per heavy atom. The van der Waals surface area contributed by atoms with E-state index in [1.807, 2.05) is 0 Å². The van der Waals surface area contributed by atoms with Gasteiger partial charge in [-0.2, -0.15) is 0 Å². The third-order valence-electron chi connectivity index (χ3n) is 1.93. The Morgan fingerprint density at radius 1 is 1.50 bits per heavy atom. The number of allylic oxidation sites excluding steroid dienone is 1. The number of aliphatic hydroxyl groups is 1. The van der Waals surface area contributed by atoms with Gasteiger partial charge in [-0.3, -0.25) is 0 Å². The van der Waals surface area contributed by atoms with Gasteiger partial charge in [-0.05, 0) is 12.3 Å². The standard InChI is InChI=1S/C10H18O2/c1-3-9(2)8-10(12)6-4-5-7-11/h4,6-7,9-10,12H,3,5,8H2,1-2H3/b6-4+. The van der Waals surface area contributed by atoms with Crippen molar-refractivity contribution in [1.82, 2.24) is 0 Å². The topological polar surface area (TPSA) is 37.3 Å². The number of aliphatic hydroxyl groups excluding tert-OH is 1. The molecule has 0 radical (unpaired) electrons. The van der Waals surface area contributed by atoms with Crippen molar-refractivity contribution in [3.63, 3.8) is 0 Å². The van der Waals surface area contributed by atoms with Gasteiger partial charge in [0.25, 0.3) is 0 Å². The number of rotatable bonds is 6. The normalized spacial score (nSPS) is 16.2. The highest BCUT2D eigenvalue weighted by Gasteiger charge is 2.04. The minimum absolute atomic E-state index is 0.389. The fourth-order valence-electron chi connectivity index (χ4n) is 0.949. The summed E-state index contributed by atoms with van der Waals surface area (Å²) in [6, 6.07) is 0. The average molecular weight is 170 g/mol. The summed E-state index contributed by atoms with van der Waals surface area (Å²) in [6.07, 6.45) is 6.11. The summed E-state index contributed by atoms with van der Waals surface area (Å²) in [7, 11) is 0. The summed E-state index contributed by atoms with van der Waals surface area (Å²) in [4.78, 5) is 9.93. The van der Waals surface area contributed by atoms with E-state index in [4.69, 9.17) is 0 Å². The molecule has 70 valence electrons. The maximum atomic E-state index is 9.93. The van der Waals surface area contributed by atoms with Gasteiger partial charge < -0.3 is 9.90 Å². The Hall–Kier alpha value is -0.630. The van der Waals surface area contributed by atoms with Gasteiger partial charge in [-0.25, -0.2) is 0 Å². The molecule has 0 amide bonds. The first-order chi connectivity index (χ1) is 5.70. The van der Waals surface area contributed by atoms with Gasteiger partial charge in [-0.15, -0.1) is 0 Å². The van der Waals surface area contributed by atoms with E-state index in [0.29, 0.717) is 12.3 Å². The first-order valence-electron chi connectivity index (χ1n) is 4.49. The molecule has 0 aromatic carbocycles. The summed E-state index contributed by atoms with van der Waals surface area (Å²) in [6.45, 7) is 4.21. The molecule has 0 saturated carbocycles. The van der Waals surface area contributed by atoms with Gasteiger partial charge in [0.2, 0.25) is 0 Å². The van der Waals surface area contributed by atoms with Crippen LogP contribution in [0.1, 0.15) is 33.1 Å². The molecule has 0 saturated heterocycles. The lowest BCUT2D eigenvalue weighted by Gasteiger charge is -2.10. The molecule has 2 unspecified atom stereocenters. The average Bonchev–Trinajstić information content (AvgIpc) is 2.05. The van der Waals surface area contributed by atoms with Crippen molar-refractivity contribution in [2.75, 3.05) is 0 Å². The predicted molar refractivity (Wildman–Crippen MR) is 49.9 cm³/mol. The lowest BCUT2D eigenvalue weighted by atomic mass is 10.0. The first kappa shape index (κ1) is 11.4. The number of hydrogen-bond acceptors (Lipinski definition) is 2. The van der Waals surface area contributed by atoms with Gasteiger partial charge in [0, 0.05) is 6.42 Å². The molecule has 2 nitrogen and oxygen atoms in total. The van der Waals surface area contributed by atoms with Crippen LogP contribution in [-0.4, -0.2) is 17.5 Å². The molecule has 0 aliphatic rings. The summed E-state index contributed by atoms with van der Waals surface area (Å²) in [5, 5.41) is 9.37. The molecule has 0 fully saturated rings. The molecule has 12 heavy (non-hydrogen) atoms. The van der Waals surface area contributed by atoms with Crippen molar-refractivity contribution in [2.45, 2.75) is 39.2 Å². The van der Waals surface area contributed by atoms with Crippen LogP contribution in [-0.2, 0) is 4.79 Å². The number of carbonyl (C=O) groups is 1. The van der Waals surface area contributed by atoms with E-state index in [2.05, 4.69) is 13.8 Å². The zero-order valence-electron chi connectivity index (χ0n) is 7.86. The van der Waals surface area contributed by atoms with Crippen molar-refractivity contribution in [3.05, 3.63) is 12.2 Å². The minimum Gasteiger partial charge on any atom is -0.389 e. The molecule has 2 heteroatoms. The number of aldehydes is 1. The summed E-state index contributed by atoms with van der Waals surface area (Å²) in [5.41, 5.74) is 0. The molecule has 0 spiro atoms. The van der Waals surface area contributed by atoms with E-state index in [-0.39, 0.29) is 6.10 Å². The third kappa shape index (κ3) is 6.10. The second kappa shape index (κ2) is 7.04. The van der Waals surface area contributed by atoms with Crippen molar-refractivity contribution >= 4 is 6.29 Å². The largest absolute Gasteiger partial charge is 0.389 e. The zero-order valence-corrected chi connectivity index (χ0v) is 7.86. The second-order valence-corrected chi connectivity index (χ2v) is 3.15. The minimum atomic E-state index is -0.389. The van der Waals surface area contributed by atoms with Gasteiger partial charge in [-0.1, -0.05) is 32.4 Å². The van der Waals surface area contributed by atoms with Gasteiger partial charge in [0.1, 0.15) is 6.29 Å². The van der Waals surface area contributed by atoms with Gasteiger partial charge in [0.05, 0.1) is 6.10 Å². The van der Waals surface area contributed by atoms with Gasteiger partial charge in [0.15, 0.2) is 0 Å². The van der Waals surface area contributed by atoms with Crippen molar-refractivity contribution in [2.24, 2.45) is 5.92 Å². The molecule has 0 aromatic heterocycles. The van der Waals surface area contributed by atoms with Crippen molar-refractivity contribution in [1.29, 1.82) is 0 Å². The Kier molecular flexibility index (Phi) is 6.67. The number of carbonyl (C=O) groups excluding carboxylic acids is 1. The zero-order chi connectivity index (χ0) is 9.40. The van der Waals surface area contributed by atoms with E-state index in [1.54, 1.807) is 12.2 Å². The third-order valence-corrected chi connectivity index (χ3v) is 1.93.